The summed E-state index contributed by atoms with van der Waals surface area (Å²) in [4.78, 5) is 26.5. The van der Waals surface area contributed by atoms with Crippen LogP contribution in [0, 0.1) is 6.92 Å². The smallest absolute Gasteiger partial charge is 0.255 e. The summed E-state index contributed by atoms with van der Waals surface area (Å²) < 4.78 is 27.4. The summed E-state index contributed by atoms with van der Waals surface area (Å²) in [7, 11) is -3.60. The Morgan fingerprint density at radius 1 is 0.967 bits per heavy atom. The lowest BCUT2D eigenvalue weighted by atomic mass is 10.1. The highest BCUT2D eigenvalue weighted by Crippen LogP contribution is 2.26. The second kappa shape index (κ2) is 8.20. The van der Waals surface area contributed by atoms with Crippen molar-refractivity contribution in [3.05, 3.63) is 53.6 Å². The standard InChI is InChI=1S/C22H25N3O4S/c1-16-6-7-17(15-20(16)30(28,29)24-12-2-3-13-24)22(27)23-18-8-10-19(11-9-18)25-14-4-5-21(25)26/h6-11,15H,2-5,12-14H2,1H3,(H,23,27). The average Bonchev–Trinajstić information content (AvgIpc) is 3.41. The van der Waals surface area contributed by atoms with Crippen molar-refractivity contribution in [2.24, 2.45) is 0 Å². The molecule has 0 aromatic heterocycles. The van der Waals surface area contributed by atoms with Gasteiger partial charge in [0.25, 0.3) is 5.91 Å². The van der Waals surface area contributed by atoms with Gasteiger partial charge in [0, 0.05) is 43.0 Å². The molecule has 4 rings (SSSR count). The van der Waals surface area contributed by atoms with E-state index in [1.807, 2.05) is 0 Å². The Bertz CT molecular complexity index is 1070. The van der Waals surface area contributed by atoms with E-state index in [9.17, 15) is 18.0 Å². The van der Waals surface area contributed by atoms with Gasteiger partial charge in [-0.2, -0.15) is 4.31 Å². The minimum Gasteiger partial charge on any atom is -0.322 e. The first kappa shape index (κ1) is 20.6. The topological polar surface area (TPSA) is 86.8 Å². The zero-order valence-corrected chi connectivity index (χ0v) is 17.7. The number of nitrogens with zero attached hydrogens (tertiary/aromatic N) is 2. The number of nitrogens with one attached hydrogen (secondary N) is 1. The molecule has 30 heavy (non-hydrogen) atoms. The van der Waals surface area contributed by atoms with Gasteiger partial charge in [-0.1, -0.05) is 6.07 Å². The molecule has 2 heterocycles. The molecule has 1 N–H and O–H groups in total. The van der Waals surface area contributed by atoms with Crippen molar-refractivity contribution in [3.8, 4) is 0 Å². The molecule has 2 aromatic rings. The van der Waals surface area contributed by atoms with Crippen LogP contribution < -0.4 is 10.2 Å². The van der Waals surface area contributed by atoms with E-state index < -0.39 is 10.0 Å². The molecule has 0 atom stereocenters. The minimum atomic E-state index is -3.60. The van der Waals surface area contributed by atoms with E-state index in [1.165, 1.54) is 10.4 Å². The summed E-state index contributed by atoms with van der Waals surface area (Å²) in [5, 5.41) is 2.80. The van der Waals surface area contributed by atoms with Crippen LogP contribution in [0.5, 0.6) is 0 Å². The fraction of sp³-hybridized carbons (Fsp3) is 0.364. The quantitative estimate of drug-likeness (QED) is 0.794. The molecule has 0 aliphatic carbocycles. The van der Waals surface area contributed by atoms with Crippen LogP contribution in [0.25, 0.3) is 0 Å². The molecular weight excluding hydrogens is 402 g/mol. The summed E-state index contributed by atoms with van der Waals surface area (Å²) in [6.07, 6.45) is 3.14. The molecule has 2 fully saturated rings. The molecule has 8 heteroatoms. The molecule has 0 saturated carbocycles. The van der Waals surface area contributed by atoms with Crippen molar-refractivity contribution in [3.63, 3.8) is 0 Å². The van der Waals surface area contributed by atoms with Crippen LogP contribution >= 0.6 is 0 Å². The highest BCUT2D eigenvalue weighted by atomic mass is 32.2. The van der Waals surface area contributed by atoms with E-state index in [-0.39, 0.29) is 22.3 Å². The molecule has 158 valence electrons. The van der Waals surface area contributed by atoms with Crippen LogP contribution in [-0.4, -0.2) is 44.2 Å². The van der Waals surface area contributed by atoms with Gasteiger partial charge in [0.05, 0.1) is 4.90 Å². The van der Waals surface area contributed by atoms with Crippen LogP contribution in [0.15, 0.2) is 47.4 Å². The molecule has 0 bridgehead atoms. The molecule has 2 aliphatic rings. The van der Waals surface area contributed by atoms with Gasteiger partial charge in [-0.3, -0.25) is 9.59 Å². The van der Waals surface area contributed by atoms with Crippen LogP contribution in [0.3, 0.4) is 0 Å². The van der Waals surface area contributed by atoms with Crippen LogP contribution in [-0.2, 0) is 14.8 Å². The number of hydrogen-bond donors (Lipinski definition) is 1. The van der Waals surface area contributed by atoms with Crippen LogP contribution in [0.2, 0.25) is 0 Å². The predicted molar refractivity (Wildman–Crippen MR) is 115 cm³/mol. The van der Waals surface area contributed by atoms with E-state index in [2.05, 4.69) is 5.32 Å². The molecule has 2 saturated heterocycles. The number of carbonyl (C=O) groups excluding carboxylic acids is 2. The maximum absolute atomic E-state index is 12.9. The number of rotatable bonds is 5. The van der Waals surface area contributed by atoms with E-state index in [0.717, 1.165) is 24.9 Å². The molecule has 7 nitrogen and oxygen atoms in total. The number of sulfonamides is 1. The number of amides is 2. The normalized spacial score (nSPS) is 17.5. The van der Waals surface area contributed by atoms with Crippen LogP contribution in [0.4, 0.5) is 11.4 Å². The van der Waals surface area contributed by atoms with Gasteiger partial charge < -0.3 is 10.2 Å². The largest absolute Gasteiger partial charge is 0.322 e. The van der Waals surface area contributed by atoms with Crippen molar-refractivity contribution in [1.82, 2.24) is 4.31 Å². The predicted octanol–water partition coefficient (Wildman–Crippen LogP) is 3.16. The number of aryl methyl sites for hydroxylation is 1. The lowest BCUT2D eigenvalue weighted by Gasteiger charge is -2.18. The lowest BCUT2D eigenvalue weighted by molar-refractivity contribution is -0.117. The first-order valence-corrected chi connectivity index (χ1v) is 11.6. The zero-order valence-electron chi connectivity index (χ0n) is 16.9. The molecule has 0 unspecified atom stereocenters. The maximum atomic E-state index is 12.9. The maximum Gasteiger partial charge on any atom is 0.255 e. The number of anilines is 2. The number of carbonyl (C=O) groups is 2. The third kappa shape index (κ3) is 3.97. The summed E-state index contributed by atoms with van der Waals surface area (Å²) in [5.41, 5.74) is 2.31. The molecule has 0 radical (unpaired) electrons. The average molecular weight is 428 g/mol. The molecular formula is C22H25N3O4S. The van der Waals surface area contributed by atoms with Gasteiger partial charge in [0.1, 0.15) is 0 Å². The fourth-order valence-corrected chi connectivity index (χ4v) is 5.70. The summed E-state index contributed by atoms with van der Waals surface area (Å²) in [6, 6.07) is 11.8. The Balaban J connectivity index is 1.52. The summed E-state index contributed by atoms with van der Waals surface area (Å²) in [5.74, 6) is -0.268. The van der Waals surface area contributed by atoms with E-state index in [0.29, 0.717) is 37.3 Å². The number of benzene rings is 2. The van der Waals surface area contributed by atoms with Crippen molar-refractivity contribution in [2.45, 2.75) is 37.5 Å². The van der Waals surface area contributed by atoms with Crippen molar-refractivity contribution in [2.75, 3.05) is 29.9 Å². The van der Waals surface area contributed by atoms with Crippen molar-refractivity contribution < 1.29 is 18.0 Å². The van der Waals surface area contributed by atoms with Gasteiger partial charge in [-0.25, -0.2) is 8.42 Å². The molecule has 2 amide bonds. The molecule has 0 spiro atoms. The molecule has 2 aliphatic heterocycles. The first-order valence-electron chi connectivity index (χ1n) is 10.2. The Morgan fingerprint density at radius 2 is 1.67 bits per heavy atom. The SMILES string of the molecule is Cc1ccc(C(=O)Nc2ccc(N3CCCC3=O)cc2)cc1S(=O)(=O)N1CCCC1. The van der Waals surface area contributed by atoms with E-state index in [4.69, 9.17) is 0 Å². The van der Waals surface area contributed by atoms with E-state index in [1.54, 1.807) is 48.2 Å². The fourth-order valence-electron chi connectivity index (χ4n) is 3.94. The van der Waals surface area contributed by atoms with Gasteiger partial charge in [0.2, 0.25) is 15.9 Å². The van der Waals surface area contributed by atoms with Crippen molar-refractivity contribution in [1.29, 1.82) is 0 Å². The van der Waals surface area contributed by atoms with Crippen molar-refractivity contribution >= 4 is 33.2 Å². The third-order valence-corrected chi connectivity index (χ3v) is 7.68. The van der Waals surface area contributed by atoms with E-state index >= 15 is 0 Å². The monoisotopic (exact) mass is 427 g/mol. The minimum absolute atomic E-state index is 0.109. The Labute approximate surface area is 176 Å². The summed E-state index contributed by atoms with van der Waals surface area (Å²) in [6.45, 7) is 3.49. The van der Waals surface area contributed by atoms with Gasteiger partial charge >= 0.3 is 0 Å². The summed E-state index contributed by atoms with van der Waals surface area (Å²) >= 11 is 0. The lowest BCUT2D eigenvalue weighted by Crippen LogP contribution is -2.28. The van der Waals surface area contributed by atoms with Gasteiger partial charge in [-0.15, -0.1) is 0 Å². The van der Waals surface area contributed by atoms with Crippen LogP contribution in [0.1, 0.15) is 41.6 Å². The second-order valence-corrected chi connectivity index (χ2v) is 9.65. The molecule has 2 aromatic carbocycles. The third-order valence-electron chi connectivity index (χ3n) is 5.64. The highest BCUT2D eigenvalue weighted by Gasteiger charge is 2.29. The Kier molecular flexibility index (Phi) is 5.62. The Morgan fingerprint density at radius 3 is 2.30 bits per heavy atom. The highest BCUT2D eigenvalue weighted by molar-refractivity contribution is 7.89. The van der Waals surface area contributed by atoms with Gasteiger partial charge in [-0.05, 0) is 68.1 Å². The second-order valence-electron chi connectivity index (χ2n) is 7.74. The Hall–Kier alpha value is -2.71. The first-order chi connectivity index (χ1) is 14.4. The number of hydrogen-bond acceptors (Lipinski definition) is 4. The zero-order chi connectivity index (χ0) is 21.3. The van der Waals surface area contributed by atoms with Gasteiger partial charge in [0.15, 0.2) is 0 Å².